The molecule has 0 aliphatic heterocycles. The Bertz CT molecular complexity index is 700. The number of nitrogens with one attached hydrogen (secondary N) is 1. The van der Waals surface area contributed by atoms with Gasteiger partial charge in [0.2, 0.25) is 0 Å². The first kappa shape index (κ1) is 18.0. The van der Waals surface area contributed by atoms with E-state index in [1.165, 1.54) is 25.7 Å². The largest absolute Gasteiger partial charge is 0.358 e. The van der Waals surface area contributed by atoms with Crippen LogP contribution in [0.2, 0.25) is 5.02 Å². The zero-order chi connectivity index (χ0) is 16.8. The normalized spacial score (nSPS) is 11.5. The topological polar surface area (TPSA) is 36.1 Å². The van der Waals surface area contributed by atoms with Crippen molar-refractivity contribution in [1.29, 1.82) is 0 Å². The smallest absolute Gasteiger partial charge is 0.194 e. The lowest BCUT2D eigenvalue weighted by atomic mass is 10.1. The van der Waals surface area contributed by atoms with Gasteiger partial charge in [-0.1, -0.05) is 38.3 Å². The van der Waals surface area contributed by atoms with Crippen molar-refractivity contribution in [2.45, 2.75) is 53.0 Å². The van der Waals surface area contributed by atoms with Crippen molar-refractivity contribution in [2.75, 3.05) is 13.1 Å². The van der Waals surface area contributed by atoms with Crippen molar-refractivity contribution in [2.24, 2.45) is 0 Å². The number of aromatic nitrogens is 1. The van der Waals surface area contributed by atoms with Crippen molar-refractivity contribution in [3.8, 4) is 0 Å². The molecule has 1 aromatic carbocycles. The molecule has 126 valence electrons. The first-order valence-corrected chi connectivity index (χ1v) is 8.98. The van der Waals surface area contributed by atoms with Gasteiger partial charge in [-0.3, -0.25) is 9.69 Å². The number of nitrogens with zero attached hydrogens (tertiary/aromatic N) is 1. The van der Waals surface area contributed by atoms with Gasteiger partial charge in [-0.05, 0) is 51.1 Å². The Hall–Kier alpha value is -1.32. The minimum atomic E-state index is 0.108. The van der Waals surface area contributed by atoms with Crippen LogP contribution in [-0.2, 0) is 6.54 Å². The molecule has 2 aromatic rings. The fourth-order valence-corrected chi connectivity index (χ4v) is 3.04. The van der Waals surface area contributed by atoms with Crippen molar-refractivity contribution in [3.63, 3.8) is 0 Å². The minimum absolute atomic E-state index is 0.108. The summed E-state index contributed by atoms with van der Waals surface area (Å²) in [6.07, 6.45) is 4.68. The molecule has 3 nitrogen and oxygen atoms in total. The number of fused-ring (bicyclic) bond motifs is 1. The van der Waals surface area contributed by atoms with E-state index in [-0.39, 0.29) is 5.43 Å². The Morgan fingerprint density at radius 2 is 1.78 bits per heavy atom. The van der Waals surface area contributed by atoms with Crippen LogP contribution in [0.5, 0.6) is 0 Å². The average molecular weight is 335 g/mol. The van der Waals surface area contributed by atoms with Crippen LogP contribution in [0.15, 0.2) is 23.0 Å². The maximum atomic E-state index is 12.9. The van der Waals surface area contributed by atoms with Crippen LogP contribution in [0, 0.1) is 6.92 Å². The van der Waals surface area contributed by atoms with Crippen LogP contribution in [0.3, 0.4) is 0 Å². The molecule has 0 amide bonds. The molecule has 0 unspecified atom stereocenters. The molecule has 0 fully saturated rings. The highest BCUT2D eigenvalue weighted by Gasteiger charge is 2.13. The summed E-state index contributed by atoms with van der Waals surface area (Å²) in [6.45, 7) is 9.19. The molecule has 1 N–H and O–H groups in total. The number of benzene rings is 1. The lowest BCUT2D eigenvalue weighted by Gasteiger charge is -2.22. The summed E-state index contributed by atoms with van der Waals surface area (Å²) < 4.78 is 0. The van der Waals surface area contributed by atoms with E-state index < -0.39 is 0 Å². The van der Waals surface area contributed by atoms with E-state index in [0.717, 1.165) is 29.9 Å². The Balaban J connectivity index is 2.34. The van der Waals surface area contributed by atoms with Crippen LogP contribution >= 0.6 is 11.6 Å². The summed E-state index contributed by atoms with van der Waals surface area (Å²) in [5.74, 6) is 0. The molecule has 1 aromatic heterocycles. The molecule has 0 saturated carbocycles. The average Bonchev–Trinajstić information content (AvgIpc) is 2.54. The number of aromatic amines is 1. The Kier molecular flexibility index (Phi) is 6.67. The van der Waals surface area contributed by atoms with Crippen LogP contribution < -0.4 is 5.43 Å². The van der Waals surface area contributed by atoms with Crippen molar-refractivity contribution in [3.05, 3.63) is 44.7 Å². The van der Waals surface area contributed by atoms with Gasteiger partial charge in [0, 0.05) is 33.7 Å². The molecule has 0 radical (unpaired) electrons. The SMILES string of the molecule is CCCCN(CCCC)Cc1c(C)[nH]c2ccc(Cl)cc2c1=O. The maximum absolute atomic E-state index is 12.9. The minimum Gasteiger partial charge on any atom is -0.358 e. The number of halogens is 1. The van der Waals surface area contributed by atoms with Gasteiger partial charge in [-0.2, -0.15) is 0 Å². The van der Waals surface area contributed by atoms with Crippen LogP contribution in [0.4, 0.5) is 0 Å². The Labute approximate surface area is 143 Å². The molecule has 23 heavy (non-hydrogen) atoms. The van der Waals surface area contributed by atoms with Gasteiger partial charge in [0.05, 0.1) is 0 Å². The highest BCUT2D eigenvalue weighted by atomic mass is 35.5. The van der Waals surface area contributed by atoms with Crippen molar-refractivity contribution >= 4 is 22.5 Å². The first-order chi connectivity index (χ1) is 11.1. The fraction of sp³-hybridized carbons (Fsp3) is 0.526. The molecule has 0 aliphatic carbocycles. The number of rotatable bonds is 8. The number of hydrogen-bond donors (Lipinski definition) is 1. The zero-order valence-corrected chi connectivity index (χ0v) is 15.2. The molecule has 0 bridgehead atoms. The van der Waals surface area contributed by atoms with E-state index in [4.69, 9.17) is 11.6 Å². The summed E-state index contributed by atoms with van der Waals surface area (Å²) in [5.41, 5.74) is 2.79. The summed E-state index contributed by atoms with van der Waals surface area (Å²) in [4.78, 5) is 18.6. The van der Waals surface area contributed by atoms with Gasteiger partial charge >= 0.3 is 0 Å². The predicted molar refractivity (Wildman–Crippen MR) is 99.4 cm³/mol. The van der Waals surface area contributed by atoms with Gasteiger partial charge in [-0.25, -0.2) is 0 Å². The third-order valence-electron chi connectivity index (χ3n) is 4.31. The molecule has 0 saturated heterocycles. The standard InChI is InChI=1S/C19H27ClN2O/c1-4-6-10-22(11-7-5-2)13-17-14(3)21-18-9-8-15(20)12-16(18)19(17)23/h8-9,12H,4-7,10-11,13H2,1-3H3,(H,21,23). The van der Waals surface area contributed by atoms with Gasteiger partial charge in [0.25, 0.3) is 0 Å². The highest BCUT2D eigenvalue weighted by molar-refractivity contribution is 6.31. The second-order valence-corrected chi connectivity index (χ2v) is 6.67. The summed E-state index contributed by atoms with van der Waals surface area (Å²) >= 11 is 6.06. The zero-order valence-electron chi connectivity index (χ0n) is 14.4. The number of aryl methyl sites for hydroxylation is 1. The second-order valence-electron chi connectivity index (χ2n) is 6.23. The molecule has 0 spiro atoms. The molecular formula is C19H27ClN2O. The Morgan fingerprint density at radius 1 is 1.13 bits per heavy atom. The van der Waals surface area contributed by atoms with Crippen molar-refractivity contribution < 1.29 is 0 Å². The molecule has 4 heteroatoms. The molecule has 0 aliphatic rings. The molecule has 2 rings (SSSR count). The van der Waals surface area contributed by atoms with Gasteiger partial charge in [0.1, 0.15) is 0 Å². The van der Waals surface area contributed by atoms with Gasteiger partial charge in [-0.15, -0.1) is 0 Å². The monoisotopic (exact) mass is 334 g/mol. The van der Waals surface area contributed by atoms with E-state index >= 15 is 0 Å². The van der Waals surface area contributed by atoms with Crippen molar-refractivity contribution in [1.82, 2.24) is 9.88 Å². The lowest BCUT2D eigenvalue weighted by molar-refractivity contribution is 0.256. The van der Waals surface area contributed by atoms with E-state index in [1.807, 2.05) is 19.1 Å². The molecule has 1 heterocycles. The van der Waals surface area contributed by atoms with Gasteiger partial charge < -0.3 is 4.98 Å². The van der Waals surface area contributed by atoms with Gasteiger partial charge in [0.15, 0.2) is 5.43 Å². The summed E-state index contributed by atoms with van der Waals surface area (Å²) in [5, 5.41) is 1.29. The quantitative estimate of drug-likeness (QED) is 0.746. The van der Waals surface area contributed by atoms with E-state index in [9.17, 15) is 4.79 Å². The number of H-pyrrole nitrogens is 1. The maximum Gasteiger partial charge on any atom is 0.194 e. The number of hydrogen-bond acceptors (Lipinski definition) is 2. The summed E-state index contributed by atoms with van der Waals surface area (Å²) in [7, 11) is 0. The van der Waals surface area contributed by atoms with Crippen LogP contribution in [-0.4, -0.2) is 23.0 Å². The highest BCUT2D eigenvalue weighted by Crippen LogP contribution is 2.18. The Morgan fingerprint density at radius 3 is 2.39 bits per heavy atom. The number of pyridine rings is 1. The molecule has 0 atom stereocenters. The van der Waals surface area contributed by atoms with Crippen LogP contribution in [0.1, 0.15) is 50.8 Å². The third kappa shape index (κ3) is 4.58. The summed E-state index contributed by atoms with van der Waals surface area (Å²) in [6, 6.07) is 5.45. The first-order valence-electron chi connectivity index (χ1n) is 8.60. The third-order valence-corrected chi connectivity index (χ3v) is 4.55. The van der Waals surface area contributed by atoms with Crippen LogP contribution in [0.25, 0.3) is 10.9 Å². The van der Waals surface area contributed by atoms with E-state index in [0.29, 0.717) is 17.0 Å². The second kappa shape index (κ2) is 8.51. The van der Waals surface area contributed by atoms with E-state index in [2.05, 4.69) is 23.7 Å². The fourth-order valence-electron chi connectivity index (χ4n) is 2.87. The number of unbranched alkanes of at least 4 members (excludes halogenated alkanes) is 2. The predicted octanol–water partition coefficient (Wildman–Crippen LogP) is 4.89. The molecular weight excluding hydrogens is 308 g/mol. The lowest BCUT2D eigenvalue weighted by Crippen LogP contribution is -2.29. The van der Waals surface area contributed by atoms with E-state index in [1.54, 1.807) is 6.07 Å².